The van der Waals surface area contributed by atoms with Crippen molar-refractivity contribution in [2.75, 3.05) is 62.5 Å². The fourth-order valence-electron chi connectivity index (χ4n) is 8.08. The summed E-state index contributed by atoms with van der Waals surface area (Å²) in [5.41, 5.74) is 2.40. The van der Waals surface area contributed by atoms with E-state index in [2.05, 4.69) is 29.8 Å². The number of likely N-dealkylation sites (tertiary alicyclic amines) is 1. The lowest BCUT2D eigenvalue weighted by Crippen LogP contribution is -2.50. The molecule has 0 radical (unpaired) electrons. The number of aromatic nitrogens is 2. The van der Waals surface area contributed by atoms with Gasteiger partial charge in [-0.25, -0.2) is 13.8 Å². The minimum absolute atomic E-state index is 0.0277. The topological polar surface area (TPSA) is 177 Å². The van der Waals surface area contributed by atoms with Crippen molar-refractivity contribution < 1.29 is 41.1 Å². The van der Waals surface area contributed by atoms with Gasteiger partial charge in [-0.2, -0.15) is 12.7 Å². The Kier molecular flexibility index (Phi) is 12.1. The number of ether oxygens (including phenoxy) is 1. The molecule has 3 amide bonds. The molecule has 0 saturated carbocycles. The highest BCUT2D eigenvalue weighted by Gasteiger charge is 2.34. The number of nitrogens with zero attached hydrogens (tertiary/aromatic N) is 5. The molecule has 62 heavy (non-hydrogen) atoms. The van der Waals surface area contributed by atoms with Gasteiger partial charge in [-0.05, 0) is 66.6 Å². The normalized spacial score (nSPS) is 18.7. The molecular weight excluding hydrogens is 823 g/mol. The predicted octanol–water partition coefficient (Wildman–Crippen LogP) is 4.70. The van der Waals surface area contributed by atoms with E-state index in [0.717, 1.165) is 46.2 Å². The van der Waals surface area contributed by atoms with Crippen molar-refractivity contribution in [1.82, 2.24) is 29.4 Å². The number of benzene rings is 3. The zero-order valence-corrected chi connectivity index (χ0v) is 35.0. The second-order valence-corrected chi connectivity index (χ2v) is 17.5. The maximum absolute atomic E-state index is 15.6. The van der Waals surface area contributed by atoms with Crippen molar-refractivity contribution in [3.05, 3.63) is 107 Å². The number of rotatable bonds is 13. The summed E-state index contributed by atoms with van der Waals surface area (Å²) in [6.07, 6.45) is 3.65. The van der Waals surface area contributed by atoms with Crippen LogP contribution in [0.5, 0.6) is 5.75 Å². The molecule has 3 N–H and O–H groups in total. The molecule has 0 bridgehead atoms. The number of halogens is 2. The number of ketones is 1. The number of hydrogen-bond donors (Lipinski definition) is 3. The molecule has 2 unspecified atom stereocenters. The third kappa shape index (κ3) is 8.89. The molecule has 2 atom stereocenters. The fraction of sp³-hybridized carbons (Fsp3) is 0.341. The van der Waals surface area contributed by atoms with Crippen molar-refractivity contribution in [1.29, 1.82) is 0 Å². The monoisotopic (exact) mass is 868 g/mol. The molecule has 0 spiro atoms. The van der Waals surface area contributed by atoms with E-state index < -0.39 is 50.9 Å². The number of carbonyl (C=O) groups is 4. The average Bonchev–Trinajstić information content (AvgIpc) is 3.93. The van der Waals surface area contributed by atoms with Crippen molar-refractivity contribution in [2.45, 2.75) is 38.8 Å². The van der Waals surface area contributed by atoms with Gasteiger partial charge in [0.1, 0.15) is 17.2 Å². The van der Waals surface area contributed by atoms with Crippen LogP contribution < -0.4 is 19.7 Å². The van der Waals surface area contributed by atoms with Crippen LogP contribution in [-0.4, -0.2) is 115 Å². The third-order valence-electron chi connectivity index (χ3n) is 11.8. The van der Waals surface area contributed by atoms with Crippen molar-refractivity contribution in [3.8, 4) is 16.9 Å². The molecule has 3 aliphatic rings. The van der Waals surface area contributed by atoms with E-state index >= 15 is 8.78 Å². The Balaban J connectivity index is 0.852. The van der Waals surface area contributed by atoms with Crippen molar-refractivity contribution >= 4 is 56.1 Å². The zero-order chi connectivity index (χ0) is 43.7. The Morgan fingerprint density at radius 3 is 2.40 bits per heavy atom. The van der Waals surface area contributed by atoms with Crippen LogP contribution in [0.1, 0.15) is 47.7 Å². The first-order chi connectivity index (χ1) is 29.8. The van der Waals surface area contributed by atoms with Gasteiger partial charge in [0.2, 0.25) is 17.6 Å². The van der Waals surface area contributed by atoms with E-state index in [9.17, 15) is 27.6 Å². The molecule has 5 heterocycles. The van der Waals surface area contributed by atoms with Crippen LogP contribution in [-0.2, 0) is 31.1 Å². The predicted molar refractivity (Wildman–Crippen MR) is 228 cm³/mol. The third-order valence-corrected chi connectivity index (χ3v) is 13.3. The Labute approximate surface area is 357 Å². The smallest absolute Gasteiger partial charge is 0.301 e. The van der Waals surface area contributed by atoms with E-state index in [1.807, 2.05) is 53.4 Å². The zero-order valence-electron chi connectivity index (χ0n) is 34.2. The first-order valence-corrected chi connectivity index (χ1v) is 21.9. The number of pyridine rings is 1. The second-order valence-electron chi connectivity index (χ2n) is 15.7. The number of H-pyrrole nitrogens is 1. The SMILES string of the molecule is CCN(C)S(=O)(=O)Nc1ccc(F)c(C(=O)c2c[nH]c3ncc(-c4ccc(CN5CCC(C(=O)N6CCN(c7ccc(OC8CCC(=O)NC8=O)cc7)CC6)C5)cc4)cc23)c1F. The lowest BCUT2D eigenvalue weighted by Gasteiger charge is -2.37. The number of fused-ring (bicyclic) bond motifs is 1. The standard InChI is InChI=1S/C44H46F2N8O7S/c1-3-51(2)62(59,60)50-36-13-12-35(45)39(40(36)46)41(56)34-24-48-42-33(34)22-30(23-47-42)28-6-4-27(5-7-28)25-52-17-16-29(26-52)44(58)54-20-18-53(19-21-54)31-8-10-32(11-9-31)61-37-14-15-38(55)49-43(37)57/h4-13,22-24,29,37,50H,3,14-21,25-26H2,1-2H3,(H,47,48)(H,49,55,57). The number of piperidine rings is 1. The molecule has 8 rings (SSSR count). The first-order valence-electron chi connectivity index (χ1n) is 20.5. The minimum atomic E-state index is -4.14. The summed E-state index contributed by atoms with van der Waals surface area (Å²) in [6.45, 7) is 6.44. The number of amides is 3. The van der Waals surface area contributed by atoms with Crippen molar-refractivity contribution in [3.63, 3.8) is 0 Å². The second kappa shape index (κ2) is 17.6. The van der Waals surface area contributed by atoms with Crippen LogP contribution in [0.3, 0.4) is 0 Å². The van der Waals surface area contributed by atoms with Gasteiger partial charge in [-0.3, -0.25) is 34.1 Å². The van der Waals surface area contributed by atoms with Crippen molar-refractivity contribution in [2.24, 2.45) is 5.92 Å². The van der Waals surface area contributed by atoms with Gasteiger partial charge in [0.05, 0.1) is 17.2 Å². The average molecular weight is 869 g/mol. The Morgan fingerprint density at radius 2 is 1.69 bits per heavy atom. The molecule has 324 valence electrons. The van der Waals surface area contributed by atoms with E-state index in [1.54, 1.807) is 19.2 Å². The number of nitrogens with one attached hydrogen (secondary N) is 3. The Morgan fingerprint density at radius 1 is 0.952 bits per heavy atom. The van der Waals surface area contributed by atoms with E-state index in [1.165, 1.54) is 13.2 Å². The number of imide groups is 1. The van der Waals surface area contributed by atoms with Gasteiger partial charge in [-0.1, -0.05) is 31.2 Å². The highest BCUT2D eigenvalue weighted by Crippen LogP contribution is 2.31. The molecular formula is C44H46F2N8O7S. The summed E-state index contributed by atoms with van der Waals surface area (Å²) in [6, 6.07) is 18.9. The first kappa shape index (κ1) is 42.5. The van der Waals surface area contributed by atoms with Gasteiger partial charge in [-0.15, -0.1) is 0 Å². The summed E-state index contributed by atoms with van der Waals surface area (Å²) in [5.74, 6) is -3.50. The molecule has 0 aliphatic carbocycles. The van der Waals surface area contributed by atoms with Gasteiger partial charge in [0, 0.05) is 100 Å². The minimum Gasteiger partial charge on any atom is -0.481 e. The molecule has 3 fully saturated rings. The van der Waals surface area contributed by atoms with E-state index in [0.29, 0.717) is 68.0 Å². The van der Waals surface area contributed by atoms with Crippen LogP contribution in [0.4, 0.5) is 20.2 Å². The molecule has 3 saturated heterocycles. The van der Waals surface area contributed by atoms with Gasteiger partial charge in [0.25, 0.3) is 5.91 Å². The summed E-state index contributed by atoms with van der Waals surface area (Å²) < 4.78 is 64.6. The van der Waals surface area contributed by atoms with Crippen LogP contribution in [0.25, 0.3) is 22.2 Å². The van der Waals surface area contributed by atoms with Crippen LogP contribution >= 0.6 is 0 Å². The maximum Gasteiger partial charge on any atom is 0.301 e. The number of piperazine rings is 1. The van der Waals surface area contributed by atoms with E-state index in [-0.39, 0.29) is 36.3 Å². The summed E-state index contributed by atoms with van der Waals surface area (Å²) >= 11 is 0. The quantitative estimate of drug-likeness (QED) is 0.111. The van der Waals surface area contributed by atoms with Gasteiger partial charge in [0.15, 0.2) is 11.9 Å². The molecule has 15 nitrogen and oxygen atoms in total. The van der Waals surface area contributed by atoms with Crippen LogP contribution in [0, 0.1) is 17.6 Å². The van der Waals surface area contributed by atoms with Gasteiger partial charge < -0.3 is 19.5 Å². The van der Waals surface area contributed by atoms with Crippen LogP contribution in [0.15, 0.2) is 79.1 Å². The lowest BCUT2D eigenvalue weighted by molar-refractivity contribution is -0.139. The maximum atomic E-state index is 15.6. The Bertz CT molecular complexity index is 2630. The van der Waals surface area contributed by atoms with E-state index in [4.69, 9.17) is 4.74 Å². The summed E-state index contributed by atoms with van der Waals surface area (Å²) in [4.78, 5) is 64.5. The fourth-order valence-corrected chi connectivity index (χ4v) is 9.01. The largest absolute Gasteiger partial charge is 0.481 e. The van der Waals surface area contributed by atoms with Gasteiger partial charge >= 0.3 is 10.2 Å². The highest BCUT2D eigenvalue weighted by molar-refractivity contribution is 7.90. The van der Waals surface area contributed by atoms with Crippen LogP contribution in [0.2, 0.25) is 0 Å². The highest BCUT2D eigenvalue weighted by atomic mass is 32.2. The number of hydrogen-bond acceptors (Lipinski definition) is 10. The number of carbonyl (C=O) groups excluding carboxylic acids is 4. The molecule has 3 aromatic carbocycles. The number of anilines is 2. The number of aromatic amines is 1. The molecule has 3 aliphatic heterocycles. The Hall–Kier alpha value is -6.24. The summed E-state index contributed by atoms with van der Waals surface area (Å²) in [5, 5.41) is 2.65. The molecule has 5 aromatic rings. The summed E-state index contributed by atoms with van der Waals surface area (Å²) in [7, 11) is -2.84. The molecule has 18 heteroatoms. The lowest BCUT2D eigenvalue weighted by atomic mass is 9.99. The molecule has 2 aromatic heterocycles.